The third-order valence-electron chi connectivity index (χ3n) is 4.09. The van der Waals surface area contributed by atoms with E-state index in [-0.39, 0.29) is 19.6 Å². The minimum atomic E-state index is -4.39. The number of rotatable bonds is 10. The number of hydrogen-bond donors (Lipinski definition) is 1. The van der Waals surface area contributed by atoms with Crippen LogP contribution < -0.4 is 9.47 Å². The number of benzene rings is 2. The van der Waals surface area contributed by atoms with Gasteiger partial charge < -0.3 is 19.4 Å². The number of ether oxygens (including phenoxy) is 2. The van der Waals surface area contributed by atoms with Gasteiger partial charge in [0, 0.05) is 5.56 Å². The normalized spacial score (nSPS) is 11.8. The summed E-state index contributed by atoms with van der Waals surface area (Å²) in [5.41, 5.74) is 0.798. The molecule has 2 aromatic carbocycles. The van der Waals surface area contributed by atoms with E-state index in [9.17, 15) is 18.0 Å². The van der Waals surface area contributed by atoms with Crippen molar-refractivity contribution in [2.24, 2.45) is 5.16 Å². The molecule has 0 aliphatic carbocycles. The quantitative estimate of drug-likeness (QED) is 0.343. The van der Waals surface area contributed by atoms with Crippen molar-refractivity contribution in [3.05, 3.63) is 59.2 Å². The van der Waals surface area contributed by atoms with E-state index in [1.165, 1.54) is 19.2 Å². The molecule has 0 unspecified atom stereocenters. The molecule has 162 valence electrons. The van der Waals surface area contributed by atoms with Crippen LogP contribution in [0.5, 0.6) is 11.5 Å². The lowest BCUT2D eigenvalue weighted by Crippen LogP contribution is -2.09. The van der Waals surface area contributed by atoms with Gasteiger partial charge in [0.2, 0.25) is 0 Å². The monoisotopic (exact) mass is 425 g/mol. The Labute approximate surface area is 171 Å². The Morgan fingerprint density at radius 3 is 2.37 bits per heavy atom. The van der Waals surface area contributed by atoms with Crippen LogP contribution in [0.15, 0.2) is 47.6 Å². The van der Waals surface area contributed by atoms with E-state index in [2.05, 4.69) is 5.16 Å². The average molecular weight is 425 g/mol. The first-order valence-electron chi connectivity index (χ1n) is 9.13. The minimum absolute atomic E-state index is 0.0798. The highest BCUT2D eigenvalue weighted by Gasteiger charge is 2.30. The second-order valence-electron chi connectivity index (χ2n) is 6.17. The van der Waals surface area contributed by atoms with Crippen LogP contribution in [0.2, 0.25) is 0 Å². The highest BCUT2D eigenvalue weighted by molar-refractivity contribution is 6.00. The molecule has 6 nitrogen and oxygen atoms in total. The van der Waals surface area contributed by atoms with Crippen LogP contribution >= 0.6 is 0 Å². The molecule has 30 heavy (non-hydrogen) atoms. The van der Waals surface area contributed by atoms with Crippen LogP contribution in [0.3, 0.4) is 0 Å². The molecule has 0 fully saturated rings. The largest absolute Gasteiger partial charge is 0.493 e. The van der Waals surface area contributed by atoms with Gasteiger partial charge in [0.15, 0.2) is 18.1 Å². The molecule has 1 N–H and O–H groups in total. The molecule has 0 amide bonds. The van der Waals surface area contributed by atoms with E-state index in [1.807, 2.05) is 6.92 Å². The average Bonchev–Trinajstić information content (AvgIpc) is 2.70. The Kier molecular flexibility index (Phi) is 8.08. The molecule has 9 heteroatoms. The summed E-state index contributed by atoms with van der Waals surface area (Å²) < 4.78 is 48.8. The van der Waals surface area contributed by atoms with Crippen molar-refractivity contribution < 1.29 is 37.4 Å². The van der Waals surface area contributed by atoms with Gasteiger partial charge in [-0.15, -0.1) is 0 Å². The molecular formula is C21H22F3NO5. The van der Waals surface area contributed by atoms with E-state index >= 15 is 0 Å². The van der Waals surface area contributed by atoms with Gasteiger partial charge in [0.1, 0.15) is 6.61 Å². The van der Waals surface area contributed by atoms with Gasteiger partial charge in [-0.25, -0.2) is 0 Å². The summed E-state index contributed by atoms with van der Waals surface area (Å²) in [5.74, 6) is -0.275. The Bertz CT molecular complexity index is 879. The summed E-state index contributed by atoms with van der Waals surface area (Å²) in [4.78, 5) is 16.2. The Morgan fingerprint density at radius 1 is 1.10 bits per heavy atom. The summed E-state index contributed by atoms with van der Waals surface area (Å²) in [6.45, 7) is 2.01. The zero-order valence-electron chi connectivity index (χ0n) is 16.5. The molecule has 0 aromatic heterocycles. The van der Waals surface area contributed by atoms with E-state index in [4.69, 9.17) is 19.4 Å². The number of alkyl halides is 3. The van der Waals surface area contributed by atoms with Crippen molar-refractivity contribution in [1.82, 2.24) is 0 Å². The van der Waals surface area contributed by atoms with Crippen LogP contribution in [-0.4, -0.2) is 37.1 Å². The Hall–Kier alpha value is -3.23. The van der Waals surface area contributed by atoms with Crippen molar-refractivity contribution in [2.75, 3.05) is 20.3 Å². The fourth-order valence-electron chi connectivity index (χ4n) is 2.69. The van der Waals surface area contributed by atoms with Gasteiger partial charge >= 0.3 is 12.1 Å². The van der Waals surface area contributed by atoms with Crippen LogP contribution in [0, 0.1) is 0 Å². The van der Waals surface area contributed by atoms with E-state index < -0.39 is 17.7 Å². The molecular weight excluding hydrogens is 403 g/mol. The molecule has 0 radical (unpaired) electrons. The van der Waals surface area contributed by atoms with Gasteiger partial charge in [0.25, 0.3) is 0 Å². The number of nitrogens with zero attached hydrogens (tertiary/aromatic N) is 1. The zero-order valence-corrected chi connectivity index (χ0v) is 16.5. The van der Waals surface area contributed by atoms with Crippen LogP contribution in [0.25, 0.3) is 0 Å². The lowest BCUT2D eigenvalue weighted by Gasteiger charge is -2.13. The first-order valence-corrected chi connectivity index (χ1v) is 9.13. The molecule has 0 aliphatic heterocycles. The number of halogens is 3. The molecule has 0 atom stereocenters. The summed E-state index contributed by atoms with van der Waals surface area (Å²) in [7, 11) is 1.42. The molecule has 0 aliphatic rings. The Morgan fingerprint density at radius 2 is 1.80 bits per heavy atom. The summed E-state index contributed by atoms with van der Waals surface area (Å²) in [6.07, 6.45) is -4.12. The zero-order chi connectivity index (χ0) is 22.1. The van der Waals surface area contributed by atoms with Gasteiger partial charge in [-0.2, -0.15) is 13.2 Å². The highest BCUT2D eigenvalue weighted by atomic mass is 19.4. The molecule has 0 spiro atoms. The summed E-state index contributed by atoms with van der Waals surface area (Å²) in [6, 6.07) is 9.65. The number of hydrogen-bond acceptors (Lipinski definition) is 5. The van der Waals surface area contributed by atoms with Crippen molar-refractivity contribution in [3.63, 3.8) is 0 Å². The predicted octanol–water partition coefficient (Wildman–Crippen LogP) is 4.55. The molecule has 0 bridgehead atoms. The Balaban J connectivity index is 1.95. The third-order valence-corrected chi connectivity index (χ3v) is 4.09. The summed E-state index contributed by atoms with van der Waals surface area (Å²) in [5, 5.41) is 12.9. The van der Waals surface area contributed by atoms with E-state index in [1.54, 1.807) is 18.2 Å². The maximum Gasteiger partial charge on any atom is 0.416 e. The smallest absolute Gasteiger partial charge is 0.416 e. The van der Waals surface area contributed by atoms with Gasteiger partial charge in [-0.1, -0.05) is 36.3 Å². The number of carboxylic acid groups (broad SMARTS) is 1. The van der Waals surface area contributed by atoms with Crippen molar-refractivity contribution in [1.29, 1.82) is 0 Å². The first-order chi connectivity index (χ1) is 14.3. The standard InChI is InChI=1S/C21H22F3NO5/c1-3-17(14-7-9-16(10-8-14)21(22,23)24)25-30-12-11-29-18-6-4-5-15(13-19(26)27)20(18)28-2/h4-10H,3,11-13H2,1-2H3,(H,26,27). The van der Waals surface area contributed by atoms with Crippen molar-refractivity contribution in [2.45, 2.75) is 25.9 Å². The number of aliphatic carboxylic acids is 1. The molecule has 0 saturated heterocycles. The molecule has 2 rings (SSSR count). The molecule has 2 aromatic rings. The van der Waals surface area contributed by atoms with Crippen LogP contribution in [0.1, 0.15) is 30.0 Å². The van der Waals surface area contributed by atoms with Crippen LogP contribution in [-0.2, 0) is 22.2 Å². The van der Waals surface area contributed by atoms with Crippen molar-refractivity contribution >= 4 is 11.7 Å². The minimum Gasteiger partial charge on any atom is -0.493 e. The van der Waals surface area contributed by atoms with Gasteiger partial charge in [-0.05, 0) is 30.2 Å². The maximum atomic E-state index is 12.7. The van der Waals surface area contributed by atoms with E-state index in [0.717, 1.165) is 12.1 Å². The maximum absolute atomic E-state index is 12.7. The number of oxime groups is 1. The second-order valence-corrected chi connectivity index (χ2v) is 6.17. The van der Waals surface area contributed by atoms with Crippen LogP contribution in [0.4, 0.5) is 13.2 Å². The van der Waals surface area contributed by atoms with Crippen molar-refractivity contribution in [3.8, 4) is 11.5 Å². The number of para-hydroxylation sites is 1. The fraction of sp³-hybridized carbons (Fsp3) is 0.333. The first kappa shape index (κ1) is 23.1. The number of methoxy groups -OCH3 is 1. The lowest BCUT2D eigenvalue weighted by molar-refractivity contribution is -0.138. The number of carbonyl (C=O) groups is 1. The fourth-order valence-corrected chi connectivity index (χ4v) is 2.69. The van der Waals surface area contributed by atoms with E-state index in [0.29, 0.717) is 34.8 Å². The third kappa shape index (κ3) is 6.40. The summed E-state index contributed by atoms with van der Waals surface area (Å²) >= 11 is 0. The van der Waals surface area contributed by atoms with Gasteiger partial charge in [-0.3, -0.25) is 4.79 Å². The molecule has 0 saturated carbocycles. The lowest BCUT2D eigenvalue weighted by atomic mass is 10.1. The van der Waals surface area contributed by atoms with Gasteiger partial charge in [0.05, 0.1) is 24.8 Å². The highest BCUT2D eigenvalue weighted by Crippen LogP contribution is 2.31. The SMILES string of the molecule is CCC(=NOCCOc1cccc(CC(=O)O)c1OC)c1ccc(C(F)(F)F)cc1. The molecule has 0 heterocycles. The topological polar surface area (TPSA) is 77.4 Å². The number of carboxylic acids is 1. The predicted molar refractivity (Wildman–Crippen MR) is 104 cm³/mol. The second kappa shape index (κ2) is 10.5.